The van der Waals surface area contributed by atoms with E-state index in [2.05, 4.69) is 0 Å². The van der Waals surface area contributed by atoms with Crippen LogP contribution in [0.1, 0.15) is 11.1 Å². The summed E-state index contributed by atoms with van der Waals surface area (Å²) in [6, 6.07) is 4.61. The Morgan fingerprint density at radius 1 is 1.27 bits per heavy atom. The molecule has 1 atom stereocenters. The monoisotopic (exact) mass is 246 g/mol. The molecule has 0 aliphatic rings. The summed E-state index contributed by atoms with van der Waals surface area (Å²) in [5.41, 5.74) is -1.13. The van der Waals surface area contributed by atoms with Crippen LogP contribution in [0.4, 0.5) is 13.2 Å². The summed E-state index contributed by atoms with van der Waals surface area (Å²) in [6.07, 6.45) is -4.50. The molecule has 1 aromatic carbocycles. The first-order valence-corrected chi connectivity index (χ1v) is 4.86. The maximum Gasteiger partial charge on any atom is 1.00 e. The molecule has 15 heavy (non-hydrogen) atoms. The summed E-state index contributed by atoms with van der Waals surface area (Å²) < 4.78 is 57.5. The van der Waals surface area contributed by atoms with Gasteiger partial charge in [-0.1, -0.05) is 29.3 Å². The van der Waals surface area contributed by atoms with E-state index in [1.165, 1.54) is 12.1 Å². The molecule has 0 heterocycles. The minimum atomic E-state index is -4.50. The number of hydrogen-bond acceptors (Lipinski definition) is 2. The van der Waals surface area contributed by atoms with E-state index >= 15 is 0 Å². The van der Waals surface area contributed by atoms with Crippen LogP contribution in [0.3, 0.4) is 0 Å². The predicted molar refractivity (Wildman–Crippen MR) is 44.1 cm³/mol. The summed E-state index contributed by atoms with van der Waals surface area (Å²) in [6.45, 7) is 0. The van der Waals surface area contributed by atoms with Gasteiger partial charge in [-0.15, -0.1) is 0 Å². The fourth-order valence-electron chi connectivity index (χ4n) is 1.05. The van der Waals surface area contributed by atoms with Gasteiger partial charge in [-0.2, -0.15) is 13.2 Å². The van der Waals surface area contributed by atoms with Gasteiger partial charge in [0, 0.05) is 5.75 Å². The van der Waals surface area contributed by atoms with Crippen molar-refractivity contribution in [2.75, 3.05) is 0 Å². The average Bonchev–Trinajstić information content (AvgIpc) is 2.01. The van der Waals surface area contributed by atoms with Crippen LogP contribution >= 0.6 is 0 Å². The van der Waals surface area contributed by atoms with Gasteiger partial charge >= 0.3 is 35.7 Å². The van der Waals surface area contributed by atoms with Gasteiger partial charge in [0.15, 0.2) is 0 Å². The van der Waals surface area contributed by atoms with E-state index in [0.29, 0.717) is 0 Å². The second-order valence-electron chi connectivity index (χ2n) is 2.60. The molecule has 0 saturated heterocycles. The van der Waals surface area contributed by atoms with Gasteiger partial charge in [-0.25, -0.2) is 0 Å². The van der Waals surface area contributed by atoms with Crippen molar-refractivity contribution in [1.29, 1.82) is 0 Å². The van der Waals surface area contributed by atoms with Crippen LogP contribution in [0.15, 0.2) is 24.3 Å². The quantitative estimate of drug-likeness (QED) is 0.500. The topological polar surface area (TPSA) is 40.1 Å². The van der Waals surface area contributed by atoms with Gasteiger partial charge in [0.25, 0.3) is 0 Å². The molecular weight excluding hydrogens is 240 g/mol. The van der Waals surface area contributed by atoms with Crippen molar-refractivity contribution in [3.05, 3.63) is 35.4 Å². The van der Waals surface area contributed by atoms with E-state index in [1.807, 2.05) is 0 Å². The third-order valence-corrected chi connectivity index (χ3v) is 2.14. The molecule has 0 N–H and O–H groups in total. The first-order chi connectivity index (χ1) is 6.41. The summed E-state index contributed by atoms with van der Waals surface area (Å²) >= 11 is -2.51. The van der Waals surface area contributed by atoms with Crippen molar-refractivity contribution >= 4 is 11.1 Å². The summed E-state index contributed by atoms with van der Waals surface area (Å²) in [5.74, 6) is -0.615. The standard InChI is InChI=1S/C8H7F3O2S.Na/c9-8(10,11)7-4-2-1-3-6(7)5-14(12)13;/h1-4H,5H2,(H,12,13);/q;+1/p-1. The van der Waals surface area contributed by atoms with E-state index in [4.69, 9.17) is 0 Å². The second-order valence-corrected chi connectivity index (χ2v) is 3.50. The average molecular weight is 246 g/mol. The van der Waals surface area contributed by atoms with E-state index < -0.39 is 28.6 Å². The molecule has 0 amide bonds. The molecule has 0 fully saturated rings. The van der Waals surface area contributed by atoms with Crippen LogP contribution in [0, 0.1) is 0 Å². The maximum atomic E-state index is 12.3. The predicted octanol–water partition coefficient (Wildman–Crippen LogP) is -0.911. The zero-order chi connectivity index (χ0) is 10.8. The molecule has 0 spiro atoms. The molecule has 0 radical (unpaired) electrons. The smallest absolute Gasteiger partial charge is 0.772 e. The molecule has 0 bridgehead atoms. The van der Waals surface area contributed by atoms with Crippen LogP contribution in [0.2, 0.25) is 0 Å². The second kappa shape index (κ2) is 6.00. The van der Waals surface area contributed by atoms with Crippen molar-refractivity contribution in [3.8, 4) is 0 Å². The molecule has 0 aliphatic carbocycles. The zero-order valence-electron chi connectivity index (χ0n) is 7.88. The number of hydrogen-bond donors (Lipinski definition) is 0. The van der Waals surface area contributed by atoms with Gasteiger partial charge < -0.3 is 4.55 Å². The third kappa shape index (κ3) is 4.65. The summed E-state index contributed by atoms with van der Waals surface area (Å²) in [5, 5.41) is 0. The molecule has 2 nitrogen and oxygen atoms in total. The van der Waals surface area contributed by atoms with Crippen molar-refractivity contribution in [2.24, 2.45) is 0 Å². The first kappa shape index (κ1) is 15.1. The molecule has 78 valence electrons. The van der Waals surface area contributed by atoms with Crippen molar-refractivity contribution in [1.82, 2.24) is 0 Å². The Bertz CT molecular complexity index is 354. The Balaban J connectivity index is 0.00000196. The van der Waals surface area contributed by atoms with Gasteiger partial charge in [0.05, 0.1) is 5.56 Å². The Morgan fingerprint density at radius 2 is 1.80 bits per heavy atom. The minimum Gasteiger partial charge on any atom is -0.772 e. The van der Waals surface area contributed by atoms with Gasteiger partial charge in [0.1, 0.15) is 0 Å². The Morgan fingerprint density at radius 3 is 2.27 bits per heavy atom. The fraction of sp³-hybridized carbons (Fsp3) is 0.250. The maximum absolute atomic E-state index is 12.3. The van der Waals surface area contributed by atoms with E-state index in [1.54, 1.807) is 0 Å². The first-order valence-electron chi connectivity index (χ1n) is 3.62. The molecule has 0 saturated carbocycles. The fourth-order valence-corrected chi connectivity index (χ4v) is 1.56. The largest absolute Gasteiger partial charge is 1.00 e. The normalized spacial score (nSPS) is 13.1. The zero-order valence-corrected chi connectivity index (χ0v) is 10.7. The molecule has 1 aromatic rings. The number of halogens is 3. The Labute approximate surface area is 109 Å². The Hall–Kier alpha value is 0.120. The molecular formula is C8H6F3NaO2S. The van der Waals surface area contributed by atoms with Crippen LogP contribution in [0.5, 0.6) is 0 Å². The number of rotatable bonds is 2. The van der Waals surface area contributed by atoms with E-state index in [-0.39, 0.29) is 35.1 Å². The van der Waals surface area contributed by atoms with Crippen molar-refractivity contribution < 1.29 is 51.5 Å². The van der Waals surface area contributed by atoms with Crippen LogP contribution in [0.25, 0.3) is 0 Å². The van der Waals surface area contributed by atoms with Crippen molar-refractivity contribution in [3.63, 3.8) is 0 Å². The minimum absolute atomic E-state index is 0. The molecule has 1 unspecified atom stereocenters. The van der Waals surface area contributed by atoms with Gasteiger partial charge in [-0.05, 0) is 11.6 Å². The molecule has 7 heteroatoms. The molecule has 0 aromatic heterocycles. The van der Waals surface area contributed by atoms with Gasteiger partial charge in [-0.3, -0.25) is 4.21 Å². The summed E-state index contributed by atoms with van der Waals surface area (Å²) in [7, 11) is 0. The van der Waals surface area contributed by atoms with Crippen LogP contribution in [-0.2, 0) is 23.0 Å². The Kier molecular flexibility index (Phi) is 6.05. The molecule has 1 rings (SSSR count). The van der Waals surface area contributed by atoms with E-state index in [9.17, 15) is 21.9 Å². The SMILES string of the molecule is O=S([O-])Cc1ccccc1C(F)(F)F.[Na+]. The number of alkyl halides is 3. The van der Waals surface area contributed by atoms with Crippen LogP contribution < -0.4 is 29.6 Å². The summed E-state index contributed by atoms with van der Waals surface area (Å²) in [4.78, 5) is 0. The van der Waals surface area contributed by atoms with Crippen LogP contribution in [-0.4, -0.2) is 8.76 Å². The number of benzene rings is 1. The van der Waals surface area contributed by atoms with Crippen molar-refractivity contribution in [2.45, 2.75) is 11.9 Å². The molecule has 0 aliphatic heterocycles. The third-order valence-electron chi connectivity index (χ3n) is 1.60. The van der Waals surface area contributed by atoms with Gasteiger partial charge in [0.2, 0.25) is 0 Å². The van der Waals surface area contributed by atoms with E-state index in [0.717, 1.165) is 12.1 Å².